The molecular weight excluding hydrogens is 415 g/mol. The molecule has 6 rings (SSSR count). The van der Waals surface area contributed by atoms with E-state index in [1.54, 1.807) is 16.9 Å². The first-order chi connectivity index (χ1) is 14.2. The highest BCUT2D eigenvalue weighted by atomic mass is 32.2. The zero-order valence-corrected chi connectivity index (χ0v) is 16.8. The summed E-state index contributed by atoms with van der Waals surface area (Å²) in [6, 6.07) is 6.00. The number of aliphatic hydroxyl groups excluding tert-OH is 1. The highest BCUT2D eigenvalue weighted by molar-refractivity contribution is 7.92. The smallest absolute Gasteiger partial charge is 0.326 e. The second-order valence-corrected chi connectivity index (χ2v) is 10.4. The summed E-state index contributed by atoms with van der Waals surface area (Å²) in [4.78, 5) is 11.5. The number of ether oxygens (including phenoxy) is 1. The summed E-state index contributed by atoms with van der Waals surface area (Å²) < 4.78 is 47.6. The second-order valence-electron chi connectivity index (χ2n) is 8.77. The fourth-order valence-electron chi connectivity index (χ4n) is 5.40. The normalized spacial score (nSPS) is 28.7. The Morgan fingerprint density at radius 2 is 1.93 bits per heavy atom. The molecule has 3 aliphatic carbocycles. The van der Waals surface area contributed by atoms with Crippen molar-refractivity contribution in [2.45, 2.75) is 25.7 Å². The number of halogens is 1. The number of hydrogen-bond donors (Lipinski definition) is 3. The average Bonchev–Trinajstić information content (AvgIpc) is 2.88. The molecule has 0 atom stereocenters. The Morgan fingerprint density at radius 3 is 2.57 bits per heavy atom. The lowest BCUT2D eigenvalue weighted by Gasteiger charge is -2.70. The van der Waals surface area contributed by atoms with Gasteiger partial charge < -0.3 is 14.9 Å². The predicted molar refractivity (Wildman–Crippen MR) is 106 cm³/mol. The molecule has 8 nitrogen and oxygen atoms in total. The van der Waals surface area contributed by atoms with E-state index in [0.717, 1.165) is 25.7 Å². The van der Waals surface area contributed by atoms with E-state index in [1.165, 1.54) is 12.1 Å². The molecule has 0 aromatic heterocycles. The molecular formula is C20H21FN2O6S. The maximum absolute atomic E-state index is 15.2. The molecule has 10 heteroatoms. The van der Waals surface area contributed by atoms with E-state index in [0.29, 0.717) is 22.0 Å². The first-order valence-corrected chi connectivity index (χ1v) is 11.1. The highest BCUT2D eigenvalue weighted by Crippen LogP contribution is 2.74. The molecule has 2 aromatic carbocycles. The van der Waals surface area contributed by atoms with Crippen LogP contribution in [0.15, 0.2) is 24.3 Å². The van der Waals surface area contributed by atoms with E-state index in [2.05, 4.69) is 0 Å². The minimum atomic E-state index is -4.26. The summed E-state index contributed by atoms with van der Waals surface area (Å²) in [5, 5.41) is 19.8. The lowest BCUT2D eigenvalue weighted by atomic mass is 9.34. The molecule has 1 amide bonds. The van der Waals surface area contributed by atoms with Crippen molar-refractivity contribution in [1.82, 2.24) is 4.72 Å². The standard InChI is InChI=1S/C20H21FN2O6S/c21-17-14-6-13(29-11-20-8-19(9-20,10-20)3-4-24)2-1-12(14)5-15(25)18(17)23-7-16(26)22-30(23,27)28/h1-2,5-6,24-25H,3-4,7-11H2,(H,22,26). The van der Waals surface area contributed by atoms with Crippen LogP contribution >= 0.6 is 0 Å². The lowest BCUT2D eigenvalue weighted by molar-refractivity contribution is -0.225. The molecule has 0 radical (unpaired) electrons. The molecule has 4 aliphatic rings. The molecule has 30 heavy (non-hydrogen) atoms. The average molecular weight is 436 g/mol. The van der Waals surface area contributed by atoms with Gasteiger partial charge in [0.05, 0.1) is 6.61 Å². The largest absolute Gasteiger partial charge is 0.506 e. The number of aromatic hydroxyl groups is 1. The van der Waals surface area contributed by atoms with Crippen molar-refractivity contribution in [2.24, 2.45) is 10.8 Å². The number of carbonyl (C=O) groups excluding carboxylic acids is 1. The van der Waals surface area contributed by atoms with Gasteiger partial charge in [0.25, 0.3) is 5.91 Å². The summed E-state index contributed by atoms with van der Waals surface area (Å²) in [7, 11) is -4.26. The Kier molecular flexibility index (Phi) is 4.01. The number of phenols is 1. The zero-order valence-electron chi connectivity index (χ0n) is 16.0. The quantitative estimate of drug-likeness (QED) is 0.636. The summed E-state index contributed by atoms with van der Waals surface area (Å²) in [5.41, 5.74) is -0.172. The number of phenolic OH excluding ortho intramolecular Hbond substituents is 1. The molecule has 1 heterocycles. The molecule has 4 fully saturated rings. The van der Waals surface area contributed by atoms with Crippen LogP contribution < -0.4 is 13.8 Å². The third-order valence-corrected chi connectivity index (χ3v) is 7.89. The molecule has 2 aromatic rings. The van der Waals surface area contributed by atoms with E-state index in [4.69, 9.17) is 9.84 Å². The summed E-state index contributed by atoms with van der Waals surface area (Å²) in [6.07, 6.45) is 3.89. The van der Waals surface area contributed by atoms with Crippen LogP contribution in [0.2, 0.25) is 0 Å². The van der Waals surface area contributed by atoms with Gasteiger partial charge in [0, 0.05) is 17.4 Å². The third kappa shape index (κ3) is 2.81. The first kappa shape index (κ1) is 19.4. The Morgan fingerprint density at radius 1 is 1.20 bits per heavy atom. The van der Waals surface area contributed by atoms with Gasteiger partial charge >= 0.3 is 10.2 Å². The van der Waals surface area contributed by atoms with Crippen LogP contribution in [0.25, 0.3) is 10.8 Å². The number of nitrogens with zero attached hydrogens (tertiary/aromatic N) is 1. The van der Waals surface area contributed by atoms with Crippen LogP contribution in [-0.2, 0) is 15.0 Å². The minimum absolute atomic E-state index is 0.0872. The van der Waals surface area contributed by atoms with Crippen LogP contribution in [0.1, 0.15) is 25.7 Å². The van der Waals surface area contributed by atoms with Gasteiger partial charge in [0.2, 0.25) is 0 Å². The lowest BCUT2D eigenvalue weighted by Crippen LogP contribution is -2.64. The molecule has 3 N–H and O–H groups in total. The summed E-state index contributed by atoms with van der Waals surface area (Å²) in [6.45, 7) is 0.0910. The van der Waals surface area contributed by atoms with Gasteiger partial charge in [-0.2, -0.15) is 8.42 Å². The van der Waals surface area contributed by atoms with Crippen molar-refractivity contribution >= 4 is 32.6 Å². The third-order valence-electron chi connectivity index (χ3n) is 6.51. The Balaban J connectivity index is 1.41. The van der Waals surface area contributed by atoms with E-state index < -0.39 is 39.9 Å². The van der Waals surface area contributed by atoms with Crippen molar-refractivity contribution < 1.29 is 32.6 Å². The van der Waals surface area contributed by atoms with Gasteiger partial charge in [0.1, 0.15) is 23.7 Å². The summed E-state index contributed by atoms with van der Waals surface area (Å²) >= 11 is 0. The highest BCUT2D eigenvalue weighted by Gasteiger charge is 2.67. The Hall–Kier alpha value is -2.59. The first-order valence-electron chi connectivity index (χ1n) is 9.68. The number of amides is 1. The minimum Gasteiger partial charge on any atom is -0.506 e. The van der Waals surface area contributed by atoms with Crippen LogP contribution in [0.4, 0.5) is 10.1 Å². The number of aliphatic hydroxyl groups is 1. The number of rotatable bonds is 6. The maximum atomic E-state index is 15.2. The fourth-order valence-corrected chi connectivity index (χ4v) is 6.57. The predicted octanol–water partition coefficient (Wildman–Crippen LogP) is 1.80. The van der Waals surface area contributed by atoms with Crippen molar-refractivity contribution in [1.29, 1.82) is 0 Å². The van der Waals surface area contributed by atoms with Crippen molar-refractivity contribution in [3.05, 3.63) is 30.1 Å². The number of nitrogens with one attached hydrogen (secondary N) is 1. The second kappa shape index (κ2) is 6.21. The van der Waals surface area contributed by atoms with Gasteiger partial charge in [0.15, 0.2) is 5.82 Å². The van der Waals surface area contributed by atoms with Gasteiger partial charge in [-0.3, -0.25) is 4.79 Å². The number of hydrogen-bond acceptors (Lipinski definition) is 6. The van der Waals surface area contributed by atoms with Crippen LogP contribution in [0.3, 0.4) is 0 Å². The maximum Gasteiger partial charge on any atom is 0.326 e. The van der Waals surface area contributed by atoms with Gasteiger partial charge in [-0.15, -0.1) is 0 Å². The number of anilines is 1. The van der Waals surface area contributed by atoms with Crippen LogP contribution in [0, 0.1) is 16.6 Å². The molecule has 1 aliphatic heterocycles. The molecule has 0 unspecified atom stereocenters. The van der Waals surface area contributed by atoms with Gasteiger partial charge in [-0.25, -0.2) is 13.4 Å². The monoisotopic (exact) mass is 436 g/mol. The molecule has 0 spiro atoms. The number of benzene rings is 2. The SMILES string of the molecule is O=C1CN(c2c(O)cc3ccc(OCC45CC(CCO)(C4)C5)cc3c2F)S(=O)(=O)N1. The topological polar surface area (TPSA) is 116 Å². The van der Waals surface area contributed by atoms with Crippen molar-refractivity contribution in [3.63, 3.8) is 0 Å². The van der Waals surface area contributed by atoms with E-state index >= 15 is 4.39 Å². The van der Waals surface area contributed by atoms with Crippen molar-refractivity contribution in [2.75, 3.05) is 24.1 Å². The Labute approximate surface area is 172 Å². The zero-order chi connectivity index (χ0) is 21.3. The number of fused-ring (bicyclic) bond motifs is 1. The van der Waals surface area contributed by atoms with Crippen LogP contribution in [-0.4, -0.2) is 44.3 Å². The van der Waals surface area contributed by atoms with E-state index in [-0.39, 0.29) is 22.8 Å². The molecule has 2 bridgehead atoms. The van der Waals surface area contributed by atoms with Gasteiger partial charge in [-0.05, 0) is 54.7 Å². The van der Waals surface area contributed by atoms with E-state index in [1.807, 2.05) is 0 Å². The summed E-state index contributed by atoms with van der Waals surface area (Å²) in [5.74, 6) is -1.87. The fraction of sp³-hybridized carbons (Fsp3) is 0.450. The molecule has 1 saturated heterocycles. The Bertz CT molecular complexity index is 1160. The van der Waals surface area contributed by atoms with Gasteiger partial charge in [-0.1, -0.05) is 6.07 Å². The number of carbonyl (C=O) groups is 1. The molecule has 160 valence electrons. The van der Waals surface area contributed by atoms with Crippen molar-refractivity contribution in [3.8, 4) is 11.5 Å². The van der Waals surface area contributed by atoms with E-state index in [9.17, 15) is 18.3 Å². The van der Waals surface area contributed by atoms with Crippen LogP contribution in [0.5, 0.6) is 11.5 Å². The molecule has 3 saturated carbocycles.